The van der Waals surface area contributed by atoms with Crippen LogP contribution >= 0.6 is 11.9 Å². The summed E-state index contributed by atoms with van der Waals surface area (Å²) in [5.74, 6) is 0.326. The number of nitrogens with two attached hydrogens (primary N) is 3. The second kappa shape index (κ2) is 72.6. The first kappa shape index (κ1) is 125. The van der Waals surface area contributed by atoms with Crippen LogP contribution in [0.2, 0.25) is 0 Å². The quantitative estimate of drug-likeness (QED) is 0.00472. The normalized spacial score (nSPS) is 12.4. The smallest absolute Gasteiger partial charge is 0.870 e. The molecule has 0 aliphatic heterocycles. The van der Waals surface area contributed by atoms with Crippen LogP contribution in [-0.2, 0) is 54.4 Å². The van der Waals surface area contributed by atoms with Crippen molar-refractivity contribution >= 4 is 100 Å². The molecule has 0 bridgehead atoms. The molecule has 7 aromatic carbocycles. The van der Waals surface area contributed by atoms with E-state index in [1.807, 2.05) is 148 Å². The number of anilines is 9. The molecule has 0 saturated heterocycles. The number of hydrogen-bond acceptors (Lipinski definition) is 18. The number of nitrogens with one attached hydrogen (secondary N) is 2. The average molecular weight is 1780 g/mol. The van der Waals surface area contributed by atoms with Crippen LogP contribution in [0.3, 0.4) is 0 Å². The van der Waals surface area contributed by atoms with Gasteiger partial charge in [0.05, 0.1) is 47.9 Å². The van der Waals surface area contributed by atoms with E-state index < -0.39 is 19.7 Å². The molecule has 15 N–H and O–H groups in total. The maximum Gasteiger partial charge on any atom is 1.00 e. The number of benzene rings is 7. The number of ether oxygens (including phenoxy) is 1. The molecule has 27 heteroatoms. The number of carbonyl (C=O) groups excluding carboxylic acids is 4. The molecular weight excluding hydrogens is 1640 g/mol. The largest absolute Gasteiger partial charge is 1.00 e. The number of allylic oxidation sites excluding steroid dienone is 16. The van der Waals surface area contributed by atoms with Gasteiger partial charge >= 0.3 is 32.7 Å². The number of hydrogen-bond donors (Lipinski definition) is 9. The Morgan fingerprint density at radius 3 is 0.891 bits per heavy atom. The van der Waals surface area contributed by atoms with Crippen molar-refractivity contribution in [2.75, 3.05) is 132 Å². The van der Waals surface area contributed by atoms with Crippen LogP contribution in [0.1, 0.15) is 117 Å². The first-order valence-corrected chi connectivity index (χ1v) is 41.1. The van der Waals surface area contributed by atoms with Crippen molar-refractivity contribution in [2.24, 2.45) is 29.6 Å². The Balaban J connectivity index is -0.000000471. The zero-order valence-electron chi connectivity index (χ0n) is 80.1. The standard InChI is InChI=1S/C23H29N3O.C19H27NO2.C18H25NO.C17H24N2O2.C17H23NO2.C6H8N2.CH3F.BF2.ClHO.Li.H3N.H2O/c1-17(9-14-23(27)25-22-8-6-5-7-21(22)24)15-18(2)16-19-10-12-20(13-11-19)26(3)4;1-14(7-8-16(3)21)13-15(2)19(22-6)17-9-11-18(12-10-17)20(4)5;1-14(6-7-16(3)20)12-15(2)13-17-8-10-18(11-9-17)19(4)5;1-13(5-10-17(20)18-21)11-14(2)12-15-6-8-16(9-7-15)19(3)4;1-13(5-10-17(19)20)11-14(2)12-15-6-8-16(9-7-15)18(3)4;7-5-3-1-2-4-6(5)8;1-2;2-1-3;1-2;;;/h5-15,18H,16,24H2,1-4H3,(H,25,27);7-13,15,19H,1-6H3;6-12,15H,13H2,1-5H3;5-11,14,21H,12H2,1-4H3,(H,18,20);5-11,14H,12H2,1-4H3,(H,19,20);1-4H,7-8H2;1H3;;2H;;1H3;1H2/q;;;;;;;;;+1;;/p-1/b14-9+,17-15+;8-7+,14-13+;7-6+,14-12+;2*10-5+,13-11+;;;;;;;. The summed E-state index contributed by atoms with van der Waals surface area (Å²) < 4.78 is 40.6. The van der Waals surface area contributed by atoms with Crippen LogP contribution < -0.4 is 77.5 Å². The summed E-state index contributed by atoms with van der Waals surface area (Å²) in [6.45, 7) is 23.8. The van der Waals surface area contributed by atoms with Crippen molar-refractivity contribution in [3.05, 3.63) is 317 Å². The summed E-state index contributed by atoms with van der Waals surface area (Å²) in [7, 11) is 21.6. The molecule has 7 aromatic rings. The predicted molar refractivity (Wildman–Crippen MR) is 532 cm³/mol. The van der Waals surface area contributed by atoms with Crippen LogP contribution in [0, 0.1) is 29.6 Å². The number of hydroxylamine groups is 1. The minimum Gasteiger partial charge on any atom is -0.870 e. The van der Waals surface area contributed by atoms with Gasteiger partial charge in [0.25, 0.3) is 5.91 Å². The Hall–Kier alpha value is -11.4. The van der Waals surface area contributed by atoms with Crippen LogP contribution in [-0.4, -0.2) is 142 Å². The van der Waals surface area contributed by atoms with Crippen molar-refractivity contribution in [2.45, 2.75) is 115 Å². The molecule has 6 unspecified atom stereocenters. The van der Waals surface area contributed by atoms with Gasteiger partial charge in [0.2, 0.25) is 5.91 Å². The number of aliphatic carboxylic acids is 1. The minimum atomic E-state index is -1.00. The third-order valence-electron chi connectivity index (χ3n) is 18.2. The zero-order valence-corrected chi connectivity index (χ0v) is 80.9. The number of amides is 2. The molecule has 2 amide bonds. The molecule has 695 valence electrons. The molecule has 6 atom stereocenters. The Morgan fingerprint density at radius 1 is 0.406 bits per heavy atom. The number of carboxylic acid groups (broad SMARTS) is 1. The first-order valence-electron chi connectivity index (χ1n) is 40.8. The van der Waals surface area contributed by atoms with Crippen molar-refractivity contribution in [1.29, 1.82) is 0 Å². The monoisotopic (exact) mass is 1780 g/mol. The van der Waals surface area contributed by atoms with E-state index in [0.29, 0.717) is 53.6 Å². The fraction of sp³-hybridized carbons (Fsp3) is 0.337. The van der Waals surface area contributed by atoms with E-state index >= 15 is 0 Å². The molecule has 0 aliphatic carbocycles. The molecule has 0 saturated carbocycles. The zero-order chi connectivity index (χ0) is 95.3. The number of carbonyl (C=O) groups is 5. The van der Waals surface area contributed by atoms with Crippen molar-refractivity contribution in [3.63, 3.8) is 0 Å². The number of ketones is 2. The SMILES string of the molecule is CC(/C=C/C(=O)NO)=C\C(C)Cc1ccc(N(C)C)cc1.CC(/C=C/C(=O)Nc1ccccc1N)=C\C(C)Cc1ccc(N(C)C)cc1.CC(/C=C/C(=O)O)=C\C(C)Cc1ccc(N(C)C)cc1.CC(=O)/C=C/C(C)=C/C(C)Cc1ccc(N(C)C)cc1.CF.COC(c1ccc(N(C)C)cc1)C(C)/C=C(C)/C=C/C(C)=O.F[B]F.N.Nc1ccccc1N.OCl.[Li+].[OH-]. The number of halogens is 4. The van der Waals surface area contributed by atoms with Gasteiger partial charge in [-0.05, 0) is 223 Å². The van der Waals surface area contributed by atoms with Gasteiger partial charge in [-0.2, -0.15) is 0 Å². The van der Waals surface area contributed by atoms with Gasteiger partial charge in [-0.25, -0.2) is 10.3 Å². The Bertz CT molecular complexity index is 4460. The summed E-state index contributed by atoms with van der Waals surface area (Å²) in [6, 6.07) is 57.2. The second-order valence-electron chi connectivity index (χ2n) is 31.0. The van der Waals surface area contributed by atoms with Gasteiger partial charge in [0.1, 0.15) is 0 Å². The Labute approximate surface area is 781 Å². The molecule has 128 heavy (non-hydrogen) atoms. The topological polar surface area (TPSA) is 339 Å². The summed E-state index contributed by atoms with van der Waals surface area (Å²) in [4.78, 5) is 65.7. The van der Waals surface area contributed by atoms with Crippen LogP contribution in [0.5, 0.6) is 0 Å². The van der Waals surface area contributed by atoms with E-state index in [9.17, 15) is 37.0 Å². The van der Waals surface area contributed by atoms with Gasteiger partial charge in [-0.3, -0.25) is 42.1 Å². The van der Waals surface area contributed by atoms with Gasteiger partial charge < -0.3 is 68.5 Å². The van der Waals surface area contributed by atoms with Gasteiger partial charge in [-0.1, -0.05) is 208 Å². The third kappa shape index (κ3) is 59.6. The first-order chi connectivity index (χ1) is 59.1. The molecule has 0 spiro atoms. The van der Waals surface area contributed by atoms with E-state index in [4.69, 9.17) is 36.9 Å². The average Bonchev–Trinajstić information content (AvgIpc) is 0.757. The molecule has 0 heterocycles. The van der Waals surface area contributed by atoms with Gasteiger partial charge in [0.15, 0.2) is 11.6 Å². The van der Waals surface area contributed by atoms with Crippen LogP contribution in [0.4, 0.5) is 64.2 Å². The molecule has 0 fully saturated rings. The number of alkyl halides is 1. The number of nitrogen functional groups attached to an aromatic ring is 3. The van der Waals surface area contributed by atoms with Crippen LogP contribution in [0.15, 0.2) is 289 Å². The summed E-state index contributed by atoms with van der Waals surface area (Å²) in [6.07, 6.45) is 30.7. The number of para-hydroxylation sites is 4. The molecular formula is C101H144BClF3LiN11O10. The number of methoxy groups -OCH3 is 1. The second-order valence-corrected chi connectivity index (χ2v) is 31.0. The van der Waals surface area contributed by atoms with Gasteiger partial charge in [0, 0.05) is 130 Å². The van der Waals surface area contributed by atoms with Crippen LogP contribution in [0.25, 0.3) is 0 Å². The predicted octanol–water partition coefficient (Wildman–Crippen LogP) is 18.3. The molecule has 0 aromatic heterocycles. The minimum absolute atomic E-state index is 0. The fourth-order valence-electron chi connectivity index (χ4n) is 12.1. The third-order valence-corrected chi connectivity index (χ3v) is 18.2. The molecule has 7 rings (SSSR count). The van der Waals surface area contributed by atoms with E-state index in [1.54, 1.807) is 75.0 Å². The van der Waals surface area contributed by atoms with Crippen molar-refractivity contribution in [3.8, 4) is 0 Å². The summed E-state index contributed by atoms with van der Waals surface area (Å²) >= 11 is 3.64. The fourth-order valence-corrected chi connectivity index (χ4v) is 12.1. The number of nitrogens with zero attached hydrogens (tertiary/aromatic N) is 5. The molecule has 1 radical (unpaired) electrons. The van der Waals surface area contributed by atoms with Crippen molar-refractivity contribution in [1.82, 2.24) is 11.6 Å². The Morgan fingerprint density at radius 2 is 0.648 bits per heavy atom. The Kier molecular flexibility index (Phi) is 71.0. The van der Waals surface area contributed by atoms with E-state index in [2.05, 4.69) is 228 Å². The summed E-state index contributed by atoms with van der Waals surface area (Å²) in [5, 5.41) is 19.8. The van der Waals surface area contributed by atoms with Crippen molar-refractivity contribution < 1.29 is 81.0 Å². The summed E-state index contributed by atoms with van der Waals surface area (Å²) in [5.41, 5.74) is 38.2. The molecule has 21 nitrogen and oxygen atoms in total. The number of carboxylic acids is 1. The number of rotatable bonds is 32. The van der Waals surface area contributed by atoms with E-state index in [1.165, 1.54) is 68.9 Å². The molecule has 0 aliphatic rings. The maximum absolute atomic E-state index is 12.0. The van der Waals surface area contributed by atoms with E-state index in [-0.39, 0.29) is 60.0 Å². The maximum atomic E-state index is 12.0. The van der Waals surface area contributed by atoms with E-state index in [0.717, 1.165) is 59.1 Å². The van der Waals surface area contributed by atoms with Gasteiger partial charge in [-0.15, -0.1) is 0 Å².